The molecule has 25 heavy (non-hydrogen) atoms. The quantitative estimate of drug-likeness (QED) is 0.416. The Balaban J connectivity index is 1.64. The number of esters is 1. The first-order valence-corrected chi connectivity index (χ1v) is 8.10. The number of ether oxygens (including phenoxy) is 2. The van der Waals surface area contributed by atoms with E-state index in [0.29, 0.717) is 22.6 Å². The van der Waals surface area contributed by atoms with Crippen LogP contribution in [0.25, 0.3) is 11.0 Å². The van der Waals surface area contributed by atoms with Gasteiger partial charge in [0.2, 0.25) is 0 Å². The van der Waals surface area contributed by atoms with E-state index in [0.717, 1.165) is 35.8 Å². The Kier molecular flexibility index (Phi) is 3.76. The molecule has 3 aromatic rings. The number of benzene rings is 2. The highest BCUT2D eigenvalue weighted by Crippen LogP contribution is 2.29. The van der Waals surface area contributed by atoms with Crippen molar-refractivity contribution in [1.29, 1.82) is 0 Å². The largest absolute Gasteiger partial charge is 0.497 e. The van der Waals surface area contributed by atoms with E-state index < -0.39 is 5.97 Å². The van der Waals surface area contributed by atoms with Crippen LogP contribution in [0.15, 0.2) is 51.7 Å². The molecule has 0 radical (unpaired) electrons. The molecule has 1 aliphatic rings. The molecule has 126 valence electrons. The first-order chi connectivity index (χ1) is 12.2. The molecule has 2 aromatic carbocycles. The highest BCUT2D eigenvalue weighted by molar-refractivity contribution is 5.92. The van der Waals surface area contributed by atoms with Crippen LogP contribution < -0.4 is 15.1 Å². The van der Waals surface area contributed by atoms with Gasteiger partial charge in [0.15, 0.2) is 0 Å². The van der Waals surface area contributed by atoms with E-state index in [-0.39, 0.29) is 5.63 Å². The normalized spacial score (nSPS) is 12.8. The Morgan fingerprint density at radius 3 is 2.48 bits per heavy atom. The van der Waals surface area contributed by atoms with Crippen LogP contribution in [0.2, 0.25) is 0 Å². The Hall–Kier alpha value is -3.08. The van der Waals surface area contributed by atoms with E-state index in [1.54, 1.807) is 43.5 Å². The number of hydrogen-bond donors (Lipinski definition) is 0. The van der Waals surface area contributed by atoms with Gasteiger partial charge in [0.05, 0.1) is 12.7 Å². The maximum atomic E-state index is 12.2. The van der Waals surface area contributed by atoms with Gasteiger partial charge in [0, 0.05) is 17.0 Å². The third-order valence-electron chi connectivity index (χ3n) is 4.48. The van der Waals surface area contributed by atoms with E-state index in [1.165, 1.54) is 0 Å². The van der Waals surface area contributed by atoms with E-state index in [2.05, 4.69) is 0 Å². The van der Waals surface area contributed by atoms with E-state index in [1.807, 2.05) is 6.07 Å². The molecule has 0 fully saturated rings. The van der Waals surface area contributed by atoms with Crippen molar-refractivity contribution in [3.63, 3.8) is 0 Å². The summed E-state index contributed by atoms with van der Waals surface area (Å²) in [5, 5.41) is 0.913. The predicted molar refractivity (Wildman–Crippen MR) is 92.5 cm³/mol. The molecule has 0 saturated carbocycles. The molecule has 0 N–H and O–H groups in total. The van der Waals surface area contributed by atoms with E-state index >= 15 is 0 Å². The second-order valence-electron chi connectivity index (χ2n) is 5.98. The van der Waals surface area contributed by atoms with Crippen LogP contribution in [-0.4, -0.2) is 13.1 Å². The lowest BCUT2D eigenvalue weighted by atomic mass is 10.1. The van der Waals surface area contributed by atoms with Gasteiger partial charge < -0.3 is 13.9 Å². The number of aryl methyl sites for hydroxylation is 1. The molecule has 1 aromatic heterocycles. The first-order valence-electron chi connectivity index (χ1n) is 8.10. The van der Waals surface area contributed by atoms with Gasteiger partial charge in [-0.25, -0.2) is 9.59 Å². The number of methoxy groups -OCH3 is 1. The van der Waals surface area contributed by atoms with E-state index in [9.17, 15) is 9.59 Å². The van der Waals surface area contributed by atoms with Crippen molar-refractivity contribution in [2.75, 3.05) is 7.11 Å². The second kappa shape index (κ2) is 6.09. The monoisotopic (exact) mass is 336 g/mol. The van der Waals surface area contributed by atoms with Gasteiger partial charge in [-0.05, 0) is 61.2 Å². The standard InChI is InChI=1S/C20H16O5/c1-23-13-7-5-12(6-8-13)19(21)24-14-9-10-16-15-3-2-4-17(15)20(22)25-18(16)11-14/h5-11H,2-4H2,1H3. The second-order valence-corrected chi connectivity index (χ2v) is 5.98. The van der Waals surface area contributed by atoms with Gasteiger partial charge in [-0.1, -0.05) is 0 Å². The predicted octanol–water partition coefficient (Wildman–Crippen LogP) is 3.51. The summed E-state index contributed by atoms with van der Waals surface area (Å²) in [6.45, 7) is 0. The number of hydrogen-bond acceptors (Lipinski definition) is 5. The highest BCUT2D eigenvalue weighted by atomic mass is 16.5. The molecule has 1 aliphatic carbocycles. The highest BCUT2D eigenvalue weighted by Gasteiger charge is 2.20. The van der Waals surface area contributed by atoms with Crippen molar-refractivity contribution in [2.24, 2.45) is 0 Å². The third-order valence-corrected chi connectivity index (χ3v) is 4.48. The average molecular weight is 336 g/mol. The number of rotatable bonds is 3. The minimum atomic E-state index is -0.481. The molecule has 0 saturated heterocycles. The van der Waals surface area contributed by atoms with Crippen molar-refractivity contribution in [3.05, 3.63) is 69.6 Å². The van der Waals surface area contributed by atoms with Crippen LogP contribution in [-0.2, 0) is 12.8 Å². The van der Waals surface area contributed by atoms with E-state index in [4.69, 9.17) is 13.9 Å². The summed E-state index contributed by atoms with van der Waals surface area (Å²) in [6, 6.07) is 11.8. The average Bonchev–Trinajstić information content (AvgIpc) is 3.12. The van der Waals surface area contributed by atoms with Crippen molar-refractivity contribution in [3.8, 4) is 11.5 Å². The van der Waals surface area contributed by atoms with Gasteiger partial charge >= 0.3 is 11.6 Å². The minimum Gasteiger partial charge on any atom is -0.497 e. The lowest BCUT2D eigenvalue weighted by molar-refractivity contribution is 0.0735. The molecule has 1 heterocycles. The molecule has 0 bridgehead atoms. The van der Waals surface area contributed by atoms with Gasteiger partial charge in [-0.3, -0.25) is 0 Å². The molecule has 5 heteroatoms. The van der Waals surface area contributed by atoms with Gasteiger partial charge in [0.1, 0.15) is 17.1 Å². The maximum absolute atomic E-state index is 12.2. The summed E-state index contributed by atoms with van der Waals surface area (Å²) in [4.78, 5) is 24.3. The molecule has 0 spiro atoms. The Morgan fingerprint density at radius 2 is 1.72 bits per heavy atom. The summed E-state index contributed by atoms with van der Waals surface area (Å²) >= 11 is 0. The molecular formula is C20H16O5. The van der Waals surface area contributed by atoms with Crippen LogP contribution in [0.5, 0.6) is 11.5 Å². The van der Waals surface area contributed by atoms with Crippen LogP contribution >= 0.6 is 0 Å². The van der Waals surface area contributed by atoms with Crippen molar-refractivity contribution in [1.82, 2.24) is 0 Å². The molecule has 0 atom stereocenters. The summed E-state index contributed by atoms with van der Waals surface area (Å²) in [5.74, 6) is 0.526. The van der Waals surface area contributed by atoms with Gasteiger partial charge in [-0.15, -0.1) is 0 Å². The molecular weight excluding hydrogens is 320 g/mol. The zero-order chi connectivity index (χ0) is 17.4. The first kappa shape index (κ1) is 15.4. The molecule has 0 unspecified atom stereocenters. The molecule has 0 aliphatic heterocycles. The smallest absolute Gasteiger partial charge is 0.343 e. The molecule has 4 rings (SSSR count). The Bertz CT molecular complexity index is 1010. The lowest BCUT2D eigenvalue weighted by Crippen LogP contribution is -2.09. The Morgan fingerprint density at radius 1 is 1.00 bits per heavy atom. The summed E-state index contributed by atoms with van der Waals surface area (Å²) in [7, 11) is 1.56. The third kappa shape index (κ3) is 2.78. The van der Waals surface area contributed by atoms with Crippen molar-refractivity contribution >= 4 is 16.9 Å². The summed E-state index contributed by atoms with van der Waals surface area (Å²) in [5.41, 5.74) is 2.40. The zero-order valence-electron chi connectivity index (χ0n) is 13.7. The minimum absolute atomic E-state index is 0.293. The fourth-order valence-corrected chi connectivity index (χ4v) is 3.22. The van der Waals surface area contributed by atoms with Crippen molar-refractivity contribution in [2.45, 2.75) is 19.3 Å². The maximum Gasteiger partial charge on any atom is 0.343 e. The Labute approximate surface area is 143 Å². The fraction of sp³-hybridized carbons (Fsp3) is 0.200. The molecule has 0 amide bonds. The SMILES string of the molecule is COc1ccc(C(=O)Oc2ccc3c4c(c(=O)oc3c2)CCC4)cc1. The zero-order valence-corrected chi connectivity index (χ0v) is 13.7. The number of fused-ring (bicyclic) bond motifs is 3. The summed E-state index contributed by atoms with van der Waals surface area (Å²) < 4.78 is 15.9. The van der Waals surface area contributed by atoms with Crippen LogP contribution in [0, 0.1) is 0 Å². The van der Waals surface area contributed by atoms with Gasteiger partial charge in [-0.2, -0.15) is 0 Å². The number of carbonyl (C=O) groups excluding carboxylic acids is 1. The fourth-order valence-electron chi connectivity index (χ4n) is 3.22. The van der Waals surface area contributed by atoms with Crippen LogP contribution in [0.1, 0.15) is 27.9 Å². The number of carbonyl (C=O) groups is 1. The summed E-state index contributed by atoms with van der Waals surface area (Å²) in [6.07, 6.45) is 2.61. The van der Waals surface area contributed by atoms with Crippen LogP contribution in [0.3, 0.4) is 0 Å². The lowest BCUT2D eigenvalue weighted by Gasteiger charge is -2.08. The topological polar surface area (TPSA) is 65.7 Å². The molecule has 5 nitrogen and oxygen atoms in total. The van der Waals surface area contributed by atoms with Crippen molar-refractivity contribution < 1.29 is 18.7 Å². The van der Waals surface area contributed by atoms with Gasteiger partial charge in [0.25, 0.3) is 0 Å². The van der Waals surface area contributed by atoms with Crippen LogP contribution in [0.4, 0.5) is 0 Å².